The summed E-state index contributed by atoms with van der Waals surface area (Å²) < 4.78 is 0. The molecule has 0 amide bonds. The highest BCUT2D eigenvalue weighted by molar-refractivity contribution is 5.79. The van der Waals surface area contributed by atoms with Crippen LogP contribution in [0.2, 0.25) is 0 Å². The number of aromatic amines is 1. The lowest BCUT2D eigenvalue weighted by molar-refractivity contribution is 0.0755. The van der Waals surface area contributed by atoms with Gasteiger partial charge in [-0.1, -0.05) is 31.4 Å². The smallest absolute Gasteiger partial charge is 0.0457 e. The fourth-order valence-corrected chi connectivity index (χ4v) is 4.18. The first-order valence-corrected chi connectivity index (χ1v) is 8.91. The van der Waals surface area contributed by atoms with Gasteiger partial charge in [-0.3, -0.25) is 9.80 Å². The third-order valence-corrected chi connectivity index (χ3v) is 5.52. The molecule has 2 heterocycles. The van der Waals surface area contributed by atoms with Gasteiger partial charge in [-0.05, 0) is 35.9 Å². The number of hydrogen-bond donors (Lipinski definition) is 1. The number of H-pyrrole nitrogens is 1. The number of rotatable bonds is 3. The highest BCUT2D eigenvalue weighted by atomic mass is 15.3. The topological polar surface area (TPSA) is 22.3 Å². The van der Waals surface area contributed by atoms with Gasteiger partial charge >= 0.3 is 0 Å². The summed E-state index contributed by atoms with van der Waals surface area (Å²) in [5.74, 6) is 0. The van der Waals surface area contributed by atoms with Crippen LogP contribution >= 0.6 is 0 Å². The SMILES string of the molecule is c1cc2ccc(CN3CCN(C4CCCCC4)CC3)cc2[nH]1. The van der Waals surface area contributed by atoms with Gasteiger partial charge in [0.2, 0.25) is 0 Å². The zero-order valence-electron chi connectivity index (χ0n) is 13.4. The van der Waals surface area contributed by atoms with Crippen molar-refractivity contribution in [3.8, 4) is 0 Å². The first-order valence-electron chi connectivity index (χ1n) is 8.91. The Morgan fingerprint density at radius 1 is 0.955 bits per heavy atom. The molecular weight excluding hydrogens is 270 g/mol. The molecule has 2 aromatic rings. The fraction of sp³-hybridized carbons (Fsp3) is 0.579. The summed E-state index contributed by atoms with van der Waals surface area (Å²) in [6.07, 6.45) is 9.24. The molecule has 0 radical (unpaired) electrons. The summed E-state index contributed by atoms with van der Waals surface area (Å²) >= 11 is 0. The van der Waals surface area contributed by atoms with Crippen molar-refractivity contribution in [1.29, 1.82) is 0 Å². The molecule has 1 N–H and O–H groups in total. The Labute approximate surface area is 133 Å². The lowest BCUT2D eigenvalue weighted by Gasteiger charge is -2.40. The van der Waals surface area contributed by atoms with Gasteiger partial charge in [0.1, 0.15) is 0 Å². The number of benzene rings is 1. The van der Waals surface area contributed by atoms with Crippen molar-refractivity contribution in [3.05, 3.63) is 36.0 Å². The Balaban J connectivity index is 1.33. The monoisotopic (exact) mass is 297 g/mol. The maximum atomic E-state index is 3.32. The molecular formula is C19H27N3. The first kappa shape index (κ1) is 14.3. The number of fused-ring (bicyclic) bond motifs is 1. The van der Waals surface area contributed by atoms with E-state index in [-0.39, 0.29) is 0 Å². The molecule has 22 heavy (non-hydrogen) atoms. The number of aromatic nitrogens is 1. The molecule has 4 rings (SSSR count). The van der Waals surface area contributed by atoms with Gasteiger partial charge in [-0.15, -0.1) is 0 Å². The summed E-state index contributed by atoms with van der Waals surface area (Å²) in [5.41, 5.74) is 2.69. The van der Waals surface area contributed by atoms with E-state index >= 15 is 0 Å². The number of hydrogen-bond acceptors (Lipinski definition) is 2. The van der Waals surface area contributed by atoms with E-state index in [1.807, 2.05) is 6.20 Å². The third-order valence-electron chi connectivity index (χ3n) is 5.52. The van der Waals surface area contributed by atoms with Gasteiger partial charge in [0.25, 0.3) is 0 Å². The maximum absolute atomic E-state index is 3.32. The molecule has 1 aromatic heterocycles. The van der Waals surface area contributed by atoms with E-state index in [1.165, 1.54) is 74.7 Å². The van der Waals surface area contributed by atoms with E-state index in [4.69, 9.17) is 0 Å². The van der Waals surface area contributed by atoms with Gasteiger partial charge < -0.3 is 4.98 Å². The minimum atomic E-state index is 0.881. The van der Waals surface area contributed by atoms with E-state index in [1.54, 1.807) is 0 Å². The van der Waals surface area contributed by atoms with Gasteiger partial charge in [0.05, 0.1) is 0 Å². The molecule has 3 heteroatoms. The van der Waals surface area contributed by atoms with Crippen molar-refractivity contribution in [2.24, 2.45) is 0 Å². The van der Waals surface area contributed by atoms with Crippen LogP contribution in [0.3, 0.4) is 0 Å². The molecule has 0 bridgehead atoms. The Hall–Kier alpha value is -1.32. The first-order chi connectivity index (χ1) is 10.9. The Kier molecular flexibility index (Phi) is 4.17. The summed E-state index contributed by atoms with van der Waals surface area (Å²) in [5, 5.41) is 1.31. The summed E-state index contributed by atoms with van der Waals surface area (Å²) in [7, 11) is 0. The Bertz CT molecular complexity index is 604. The van der Waals surface area contributed by atoms with Crippen LogP contribution in [0, 0.1) is 0 Å². The molecule has 1 aliphatic heterocycles. The molecule has 118 valence electrons. The quantitative estimate of drug-likeness (QED) is 0.935. The summed E-state index contributed by atoms with van der Waals surface area (Å²) in [4.78, 5) is 8.69. The van der Waals surface area contributed by atoms with Crippen molar-refractivity contribution in [3.63, 3.8) is 0 Å². The normalized spacial score (nSPS) is 22.4. The average molecular weight is 297 g/mol. The molecule has 0 unspecified atom stereocenters. The van der Waals surface area contributed by atoms with Crippen LogP contribution in [0.1, 0.15) is 37.7 Å². The second-order valence-corrected chi connectivity index (χ2v) is 7.00. The Morgan fingerprint density at radius 3 is 2.59 bits per heavy atom. The minimum Gasteiger partial charge on any atom is -0.361 e. The van der Waals surface area contributed by atoms with Crippen LogP contribution in [0.25, 0.3) is 10.9 Å². The van der Waals surface area contributed by atoms with Crippen molar-refractivity contribution in [1.82, 2.24) is 14.8 Å². The van der Waals surface area contributed by atoms with E-state index in [9.17, 15) is 0 Å². The van der Waals surface area contributed by atoms with E-state index < -0.39 is 0 Å². The lowest BCUT2D eigenvalue weighted by atomic mass is 9.94. The van der Waals surface area contributed by atoms with Crippen LogP contribution < -0.4 is 0 Å². The van der Waals surface area contributed by atoms with Crippen LogP contribution in [0.15, 0.2) is 30.5 Å². The zero-order valence-corrected chi connectivity index (χ0v) is 13.4. The van der Waals surface area contributed by atoms with Crippen molar-refractivity contribution < 1.29 is 0 Å². The van der Waals surface area contributed by atoms with Crippen LogP contribution in [0.5, 0.6) is 0 Å². The maximum Gasteiger partial charge on any atom is 0.0457 e. The van der Waals surface area contributed by atoms with Crippen LogP contribution in [-0.2, 0) is 6.54 Å². The number of piperazine rings is 1. The molecule has 0 spiro atoms. The summed E-state index contributed by atoms with van der Waals surface area (Å²) in [6, 6.07) is 9.85. The van der Waals surface area contributed by atoms with Gasteiger partial charge in [-0.25, -0.2) is 0 Å². The molecule has 0 atom stereocenters. The molecule has 1 aliphatic carbocycles. The molecule has 1 saturated heterocycles. The highest BCUT2D eigenvalue weighted by Crippen LogP contribution is 2.24. The van der Waals surface area contributed by atoms with Crippen LogP contribution in [0.4, 0.5) is 0 Å². The van der Waals surface area contributed by atoms with E-state index in [2.05, 4.69) is 39.0 Å². The minimum absolute atomic E-state index is 0.881. The second-order valence-electron chi connectivity index (χ2n) is 7.00. The Morgan fingerprint density at radius 2 is 1.77 bits per heavy atom. The molecule has 1 aromatic carbocycles. The van der Waals surface area contributed by atoms with E-state index in [0.29, 0.717) is 0 Å². The number of nitrogens with zero attached hydrogens (tertiary/aromatic N) is 2. The standard InChI is InChI=1S/C19H27N3/c1-2-4-18(5-3-1)22-12-10-21(11-13-22)15-16-6-7-17-8-9-20-19(17)14-16/h6-9,14,18,20H,1-5,10-13,15H2. The summed E-state index contributed by atoms with van der Waals surface area (Å²) in [6.45, 7) is 6.05. The van der Waals surface area contributed by atoms with Gasteiger partial charge in [-0.2, -0.15) is 0 Å². The largest absolute Gasteiger partial charge is 0.361 e. The van der Waals surface area contributed by atoms with Crippen molar-refractivity contribution in [2.45, 2.75) is 44.7 Å². The molecule has 3 nitrogen and oxygen atoms in total. The molecule has 2 aliphatic rings. The third kappa shape index (κ3) is 3.06. The van der Waals surface area contributed by atoms with E-state index in [0.717, 1.165) is 12.6 Å². The fourth-order valence-electron chi connectivity index (χ4n) is 4.18. The predicted molar refractivity (Wildman–Crippen MR) is 92.0 cm³/mol. The van der Waals surface area contributed by atoms with Crippen molar-refractivity contribution >= 4 is 10.9 Å². The van der Waals surface area contributed by atoms with Crippen LogP contribution in [-0.4, -0.2) is 47.0 Å². The lowest BCUT2D eigenvalue weighted by Crippen LogP contribution is -2.50. The second kappa shape index (κ2) is 6.43. The predicted octanol–water partition coefficient (Wildman–Crippen LogP) is 3.62. The van der Waals surface area contributed by atoms with Crippen molar-refractivity contribution in [2.75, 3.05) is 26.2 Å². The number of nitrogens with one attached hydrogen (secondary N) is 1. The van der Waals surface area contributed by atoms with Gasteiger partial charge in [0.15, 0.2) is 0 Å². The molecule has 2 fully saturated rings. The average Bonchev–Trinajstić information content (AvgIpc) is 3.04. The molecule has 1 saturated carbocycles. The highest BCUT2D eigenvalue weighted by Gasteiger charge is 2.24. The zero-order chi connectivity index (χ0) is 14.8. The van der Waals surface area contributed by atoms with Gasteiger partial charge in [0, 0.05) is 50.5 Å².